The van der Waals surface area contributed by atoms with E-state index in [-0.39, 0.29) is 0 Å². The van der Waals surface area contributed by atoms with Crippen LogP contribution in [0.5, 0.6) is 5.75 Å². The number of aryl methyl sites for hydroxylation is 1. The highest BCUT2D eigenvalue weighted by molar-refractivity contribution is 5.39. The van der Waals surface area contributed by atoms with Gasteiger partial charge in [0.05, 0.1) is 0 Å². The zero-order valence-electron chi connectivity index (χ0n) is 15.3. The molecule has 0 radical (unpaired) electrons. The van der Waals surface area contributed by atoms with Gasteiger partial charge in [0.2, 0.25) is 0 Å². The van der Waals surface area contributed by atoms with Gasteiger partial charge < -0.3 is 5.11 Å². The minimum absolute atomic E-state index is 0.330. The van der Waals surface area contributed by atoms with Gasteiger partial charge in [-0.2, -0.15) is 0 Å². The Morgan fingerprint density at radius 3 is 2.29 bits per heavy atom. The minimum Gasteiger partial charge on any atom is -0.508 e. The normalized spacial score (nSPS) is 12.2. The summed E-state index contributed by atoms with van der Waals surface area (Å²) in [6, 6.07) is 16.7. The molecule has 0 saturated carbocycles. The Hall–Kier alpha value is -1.76. The van der Waals surface area contributed by atoms with Gasteiger partial charge >= 0.3 is 0 Å². The first kappa shape index (κ1) is 18.6. The summed E-state index contributed by atoms with van der Waals surface area (Å²) in [4.78, 5) is 0. The minimum atomic E-state index is 0.330. The van der Waals surface area contributed by atoms with Crippen LogP contribution in [-0.2, 0) is 12.8 Å². The molecule has 0 aliphatic heterocycles. The lowest BCUT2D eigenvalue weighted by Crippen LogP contribution is -2.00. The number of hydrogen-bond donors (Lipinski definition) is 1. The van der Waals surface area contributed by atoms with Crippen molar-refractivity contribution in [1.82, 2.24) is 0 Å². The van der Waals surface area contributed by atoms with Gasteiger partial charge in [0.25, 0.3) is 0 Å². The molecule has 0 bridgehead atoms. The van der Waals surface area contributed by atoms with Crippen molar-refractivity contribution in [1.29, 1.82) is 0 Å². The predicted molar refractivity (Wildman–Crippen MR) is 104 cm³/mol. The van der Waals surface area contributed by atoms with Crippen LogP contribution in [0.1, 0.15) is 75.0 Å². The Morgan fingerprint density at radius 2 is 1.54 bits per heavy atom. The van der Waals surface area contributed by atoms with Gasteiger partial charge in [-0.1, -0.05) is 88.4 Å². The van der Waals surface area contributed by atoms with E-state index in [1.807, 2.05) is 12.1 Å². The van der Waals surface area contributed by atoms with E-state index in [1.165, 1.54) is 49.7 Å². The van der Waals surface area contributed by atoms with Gasteiger partial charge in [-0.05, 0) is 47.9 Å². The van der Waals surface area contributed by atoms with Gasteiger partial charge in [-0.3, -0.25) is 0 Å². The SMILES string of the molecule is CCCCCCCCc1ccc(O)c(C(C)Cc2ccccc2)c1. The second-order valence-electron chi connectivity index (χ2n) is 7.00. The molecule has 1 N–H and O–H groups in total. The van der Waals surface area contributed by atoms with Crippen molar-refractivity contribution < 1.29 is 5.11 Å². The van der Waals surface area contributed by atoms with Crippen molar-refractivity contribution in [3.8, 4) is 5.75 Å². The molecule has 2 aromatic carbocycles. The lowest BCUT2D eigenvalue weighted by atomic mass is 9.91. The molecule has 0 aliphatic rings. The average molecular weight is 325 g/mol. The van der Waals surface area contributed by atoms with Gasteiger partial charge in [0.15, 0.2) is 0 Å². The molecule has 0 aromatic heterocycles. The van der Waals surface area contributed by atoms with Crippen molar-refractivity contribution in [2.45, 2.75) is 71.1 Å². The quantitative estimate of drug-likeness (QED) is 0.486. The molecule has 2 aromatic rings. The number of phenols is 1. The predicted octanol–water partition coefficient (Wildman–Crippen LogP) is 6.64. The molecular weight excluding hydrogens is 292 g/mol. The second-order valence-corrected chi connectivity index (χ2v) is 7.00. The fourth-order valence-corrected chi connectivity index (χ4v) is 3.34. The molecule has 0 fully saturated rings. The summed E-state index contributed by atoms with van der Waals surface area (Å²) in [5.74, 6) is 0.766. The zero-order chi connectivity index (χ0) is 17.2. The van der Waals surface area contributed by atoms with Crippen LogP contribution >= 0.6 is 0 Å². The van der Waals surface area contributed by atoms with E-state index in [2.05, 4.69) is 50.2 Å². The Balaban J connectivity index is 1.90. The van der Waals surface area contributed by atoms with E-state index in [1.54, 1.807) is 0 Å². The highest BCUT2D eigenvalue weighted by Crippen LogP contribution is 2.29. The lowest BCUT2D eigenvalue weighted by Gasteiger charge is -2.15. The highest BCUT2D eigenvalue weighted by Gasteiger charge is 2.12. The van der Waals surface area contributed by atoms with E-state index in [0.29, 0.717) is 11.7 Å². The third kappa shape index (κ3) is 6.03. The van der Waals surface area contributed by atoms with Gasteiger partial charge in [0, 0.05) is 0 Å². The largest absolute Gasteiger partial charge is 0.508 e. The summed E-state index contributed by atoms with van der Waals surface area (Å²) in [5, 5.41) is 10.3. The number of unbranched alkanes of at least 4 members (excludes halogenated alkanes) is 5. The maximum absolute atomic E-state index is 10.3. The third-order valence-corrected chi connectivity index (χ3v) is 4.83. The first-order chi connectivity index (χ1) is 11.7. The standard InChI is InChI=1S/C23H32O/c1-3-4-5-6-7-9-14-21-15-16-23(24)22(18-21)19(2)17-20-12-10-8-11-13-20/h8,10-13,15-16,18-19,24H,3-7,9,14,17H2,1-2H3. The highest BCUT2D eigenvalue weighted by atomic mass is 16.3. The lowest BCUT2D eigenvalue weighted by molar-refractivity contribution is 0.462. The maximum atomic E-state index is 10.3. The molecule has 0 saturated heterocycles. The van der Waals surface area contributed by atoms with Crippen LogP contribution < -0.4 is 0 Å². The molecule has 1 unspecified atom stereocenters. The number of hydrogen-bond acceptors (Lipinski definition) is 1. The first-order valence-corrected chi connectivity index (χ1v) is 9.56. The summed E-state index contributed by atoms with van der Waals surface area (Å²) in [6.45, 7) is 4.46. The third-order valence-electron chi connectivity index (χ3n) is 4.83. The van der Waals surface area contributed by atoms with Crippen molar-refractivity contribution in [2.24, 2.45) is 0 Å². The summed E-state index contributed by atoms with van der Waals surface area (Å²) in [6.07, 6.45) is 10.0. The van der Waals surface area contributed by atoms with Crippen LogP contribution in [0.15, 0.2) is 48.5 Å². The molecule has 0 aliphatic carbocycles. The van der Waals surface area contributed by atoms with Gasteiger partial charge in [0.1, 0.15) is 5.75 Å². The number of rotatable bonds is 10. The molecule has 24 heavy (non-hydrogen) atoms. The summed E-state index contributed by atoms with van der Waals surface area (Å²) >= 11 is 0. The zero-order valence-corrected chi connectivity index (χ0v) is 15.3. The Morgan fingerprint density at radius 1 is 0.833 bits per heavy atom. The molecule has 0 heterocycles. The van der Waals surface area contributed by atoms with Crippen molar-refractivity contribution >= 4 is 0 Å². The van der Waals surface area contributed by atoms with E-state index in [0.717, 1.165) is 18.4 Å². The van der Waals surface area contributed by atoms with Crippen molar-refractivity contribution in [2.75, 3.05) is 0 Å². The fraction of sp³-hybridized carbons (Fsp3) is 0.478. The molecule has 1 nitrogen and oxygen atoms in total. The van der Waals surface area contributed by atoms with Gasteiger partial charge in [-0.15, -0.1) is 0 Å². The van der Waals surface area contributed by atoms with Crippen LogP contribution in [0.2, 0.25) is 0 Å². The Bertz CT molecular complexity index is 588. The Kier molecular flexibility index (Phi) is 7.88. The number of aromatic hydroxyl groups is 1. The smallest absolute Gasteiger partial charge is 0.119 e. The fourth-order valence-electron chi connectivity index (χ4n) is 3.34. The van der Waals surface area contributed by atoms with Crippen LogP contribution in [-0.4, -0.2) is 5.11 Å². The van der Waals surface area contributed by atoms with E-state index < -0.39 is 0 Å². The first-order valence-electron chi connectivity index (χ1n) is 9.56. The monoisotopic (exact) mass is 324 g/mol. The van der Waals surface area contributed by atoms with Crippen molar-refractivity contribution in [3.63, 3.8) is 0 Å². The van der Waals surface area contributed by atoms with Gasteiger partial charge in [-0.25, -0.2) is 0 Å². The van der Waals surface area contributed by atoms with Crippen molar-refractivity contribution in [3.05, 3.63) is 65.2 Å². The number of phenolic OH excluding ortho intramolecular Hbond substituents is 1. The molecule has 1 atom stereocenters. The molecule has 1 heteroatoms. The summed E-state index contributed by atoms with van der Waals surface area (Å²) < 4.78 is 0. The molecule has 130 valence electrons. The molecule has 0 amide bonds. The Labute approximate surface area is 147 Å². The topological polar surface area (TPSA) is 20.2 Å². The van der Waals surface area contributed by atoms with E-state index in [9.17, 15) is 5.11 Å². The molecule has 0 spiro atoms. The van der Waals surface area contributed by atoms with Crippen LogP contribution in [0, 0.1) is 0 Å². The summed E-state index contributed by atoms with van der Waals surface area (Å²) in [5.41, 5.74) is 3.77. The van der Waals surface area contributed by atoms with Crippen LogP contribution in [0.25, 0.3) is 0 Å². The number of benzene rings is 2. The van der Waals surface area contributed by atoms with Crippen LogP contribution in [0.4, 0.5) is 0 Å². The van der Waals surface area contributed by atoms with E-state index >= 15 is 0 Å². The molecule has 2 rings (SSSR count). The molecular formula is C23H32O. The van der Waals surface area contributed by atoms with Crippen LogP contribution in [0.3, 0.4) is 0 Å². The second kappa shape index (κ2) is 10.2. The average Bonchev–Trinajstić information content (AvgIpc) is 2.60. The van der Waals surface area contributed by atoms with E-state index in [4.69, 9.17) is 0 Å². The maximum Gasteiger partial charge on any atom is 0.119 e. The summed E-state index contributed by atoms with van der Waals surface area (Å²) in [7, 11) is 0.